The van der Waals surface area contributed by atoms with Crippen LogP contribution in [0.25, 0.3) is 0 Å². The Balaban J connectivity index is 4.48. The molecule has 3 nitrogen and oxygen atoms in total. The van der Waals surface area contributed by atoms with Gasteiger partial charge in [-0.1, -0.05) is 33.1 Å². The predicted octanol–water partition coefficient (Wildman–Crippen LogP) is 1.97. The standard InChI is InChI=1S/C14H30NO2/c1-6-12(8-9(3)15)10(4)11(5)14(17)13(16)7-2/h9-14,16-17H,4,6-8,15H2,1-3,5H3/q-1. The van der Waals surface area contributed by atoms with Gasteiger partial charge in [0.15, 0.2) is 0 Å². The van der Waals surface area contributed by atoms with E-state index in [1.807, 2.05) is 20.8 Å². The van der Waals surface area contributed by atoms with E-state index in [0.717, 1.165) is 12.8 Å². The summed E-state index contributed by atoms with van der Waals surface area (Å²) in [4.78, 5) is 0. The molecule has 0 bridgehead atoms. The van der Waals surface area contributed by atoms with Gasteiger partial charge in [0.25, 0.3) is 0 Å². The fraction of sp³-hybridized carbons (Fsp3) is 0.929. The minimum absolute atomic E-state index is 0.00588. The lowest BCUT2D eigenvalue weighted by Gasteiger charge is -2.38. The largest absolute Gasteiger partial charge is 0.390 e. The second-order valence-corrected chi connectivity index (χ2v) is 5.37. The third-order valence-corrected chi connectivity index (χ3v) is 3.83. The topological polar surface area (TPSA) is 66.5 Å². The zero-order valence-corrected chi connectivity index (χ0v) is 11.8. The van der Waals surface area contributed by atoms with E-state index >= 15 is 0 Å². The normalized spacial score (nSPS) is 22.6. The third kappa shape index (κ3) is 5.36. The summed E-state index contributed by atoms with van der Waals surface area (Å²) in [6, 6.07) is 0.157. The van der Waals surface area contributed by atoms with E-state index < -0.39 is 12.2 Å². The summed E-state index contributed by atoms with van der Waals surface area (Å²) in [5, 5.41) is 19.7. The van der Waals surface area contributed by atoms with Crippen molar-refractivity contribution in [1.29, 1.82) is 0 Å². The second-order valence-electron chi connectivity index (χ2n) is 5.37. The molecule has 0 aromatic heterocycles. The van der Waals surface area contributed by atoms with Crippen molar-refractivity contribution in [2.24, 2.45) is 23.5 Å². The average molecular weight is 244 g/mol. The minimum Gasteiger partial charge on any atom is -0.390 e. The SMILES string of the molecule is [CH2-]C(C(CC)CC(C)N)C(C)C(O)C(O)CC. The van der Waals surface area contributed by atoms with Gasteiger partial charge in [-0.25, -0.2) is 0 Å². The van der Waals surface area contributed by atoms with Gasteiger partial charge in [0, 0.05) is 6.04 Å². The molecule has 0 fully saturated rings. The molecule has 0 saturated carbocycles. The van der Waals surface area contributed by atoms with Crippen LogP contribution in [0.1, 0.15) is 47.0 Å². The molecule has 6 atom stereocenters. The van der Waals surface area contributed by atoms with Crippen molar-refractivity contribution in [3.05, 3.63) is 6.92 Å². The quantitative estimate of drug-likeness (QED) is 0.572. The summed E-state index contributed by atoms with van der Waals surface area (Å²) in [5.74, 6) is 0.527. The van der Waals surface area contributed by atoms with E-state index in [9.17, 15) is 10.2 Å². The predicted molar refractivity (Wildman–Crippen MR) is 72.4 cm³/mol. The van der Waals surface area contributed by atoms with Gasteiger partial charge in [-0.2, -0.15) is 5.92 Å². The molecule has 0 amide bonds. The molecule has 0 saturated heterocycles. The van der Waals surface area contributed by atoms with Crippen molar-refractivity contribution in [2.75, 3.05) is 0 Å². The number of aliphatic hydroxyl groups excluding tert-OH is 2. The molecule has 0 aromatic carbocycles. The highest BCUT2D eigenvalue weighted by Gasteiger charge is 2.26. The lowest BCUT2D eigenvalue weighted by Crippen LogP contribution is -2.38. The Hall–Kier alpha value is -0.120. The molecule has 4 N–H and O–H groups in total. The first kappa shape index (κ1) is 16.9. The summed E-state index contributed by atoms with van der Waals surface area (Å²) >= 11 is 0. The summed E-state index contributed by atoms with van der Waals surface area (Å²) < 4.78 is 0. The van der Waals surface area contributed by atoms with Crippen LogP contribution < -0.4 is 5.73 Å². The molecule has 3 heteroatoms. The Morgan fingerprint density at radius 1 is 1.12 bits per heavy atom. The monoisotopic (exact) mass is 244 g/mol. The molecule has 0 aromatic rings. The van der Waals surface area contributed by atoms with Crippen LogP contribution in [0.15, 0.2) is 0 Å². The van der Waals surface area contributed by atoms with Crippen LogP contribution in [-0.2, 0) is 0 Å². The van der Waals surface area contributed by atoms with Gasteiger partial charge in [-0.3, -0.25) is 0 Å². The lowest BCUT2D eigenvalue weighted by atomic mass is 9.76. The van der Waals surface area contributed by atoms with Crippen LogP contribution >= 0.6 is 0 Å². The van der Waals surface area contributed by atoms with Crippen LogP contribution in [0.2, 0.25) is 0 Å². The molecule has 0 heterocycles. The molecule has 0 aliphatic carbocycles. The fourth-order valence-electron chi connectivity index (χ4n) is 2.40. The van der Waals surface area contributed by atoms with Gasteiger partial charge >= 0.3 is 0 Å². The van der Waals surface area contributed by atoms with E-state index in [2.05, 4.69) is 13.8 Å². The Morgan fingerprint density at radius 3 is 2.00 bits per heavy atom. The maximum Gasteiger partial charge on any atom is 0.0802 e. The van der Waals surface area contributed by atoms with Crippen molar-refractivity contribution in [2.45, 2.75) is 65.2 Å². The zero-order chi connectivity index (χ0) is 13.6. The average Bonchev–Trinajstić information content (AvgIpc) is 2.31. The fourth-order valence-corrected chi connectivity index (χ4v) is 2.40. The molecule has 6 unspecified atom stereocenters. The molecule has 0 rings (SSSR count). The highest BCUT2D eigenvalue weighted by Crippen LogP contribution is 2.30. The molecule has 17 heavy (non-hydrogen) atoms. The van der Waals surface area contributed by atoms with E-state index in [4.69, 9.17) is 5.73 Å². The van der Waals surface area contributed by atoms with E-state index in [-0.39, 0.29) is 17.9 Å². The Bertz CT molecular complexity index is 197. The molecular formula is C14H30NO2-. The van der Waals surface area contributed by atoms with Crippen molar-refractivity contribution in [3.8, 4) is 0 Å². The molecular weight excluding hydrogens is 214 g/mol. The van der Waals surface area contributed by atoms with Crippen molar-refractivity contribution < 1.29 is 10.2 Å². The Kier molecular flexibility index (Phi) is 8.01. The third-order valence-electron chi connectivity index (χ3n) is 3.83. The van der Waals surface area contributed by atoms with E-state index in [1.165, 1.54) is 0 Å². The van der Waals surface area contributed by atoms with Crippen LogP contribution in [0, 0.1) is 24.7 Å². The van der Waals surface area contributed by atoms with Gasteiger partial charge in [0.1, 0.15) is 0 Å². The smallest absolute Gasteiger partial charge is 0.0802 e. The number of aliphatic hydroxyl groups is 2. The van der Waals surface area contributed by atoms with Crippen LogP contribution in [0.4, 0.5) is 0 Å². The first-order valence-electron chi connectivity index (χ1n) is 6.79. The summed E-state index contributed by atoms with van der Waals surface area (Å²) in [6.07, 6.45) is 1.16. The number of hydrogen-bond donors (Lipinski definition) is 3. The van der Waals surface area contributed by atoms with Crippen molar-refractivity contribution >= 4 is 0 Å². The molecule has 0 radical (unpaired) electrons. The first-order valence-corrected chi connectivity index (χ1v) is 6.79. The van der Waals surface area contributed by atoms with Gasteiger partial charge in [0.05, 0.1) is 12.2 Å². The number of nitrogens with two attached hydrogens (primary N) is 1. The Morgan fingerprint density at radius 2 is 1.65 bits per heavy atom. The first-order chi connectivity index (χ1) is 7.84. The van der Waals surface area contributed by atoms with E-state index in [0.29, 0.717) is 12.3 Å². The molecule has 104 valence electrons. The highest BCUT2D eigenvalue weighted by molar-refractivity contribution is 4.84. The summed E-state index contributed by atoms with van der Waals surface area (Å²) in [7, 11) is 0. The Labute approximate surface area is 106 Å². The van der Waals surface area contributed by atoms with Crippen molar-refractivity contribution in [1.82, 2.24) is 0 Å². The number of hydrogen-bond acceptors (Lipinski definition) is 3. The molecule has 0 aliphatic heterocycles. The van der Waals surface area contributed by atoms with Gasteiger partial charge in [0.2, 0.25) is 0 Å². The minimum atomic E-state index is -0.690. The van der Waals surface area contributed by atoms with E-state index in [1.54, 1.807) is 0 Å². The van der Waals surface area contributed by atoms with Gasteiger partial charge in [-0.05, 0) is 25.7 Å². The van der Waals surface area contributed by atoms with Crippen LogP contribution in [-0.4, -0.2) is 28.5 Å². The maximum absolute atomic E-state index is 10.0. The maximum atomic E-state index is 10.0. The van der Waals surface area contributed by atoms with Crippen LogP contribution in [0.3, 0.4) is 0 Å². The zero-order valence-electron chi connectivity index (χ0n) is 11.8. The van der Waals surface area contributed by atoms with Crippen molar-refractivity contribution in [3.63, 3.8) is 0 Å². The highest BCUT2D eigenvalue weighted by atomic mass is 16.3. The van der Waals surface area contributed by atoms with Gasteiger partial charge in [-0.15, -0.1) is 0 Å². The van der Waals surface area contributed by atoms with Crippen LogP contribution in [0.5, 0.6) is 0 Å². The number of rotatable bonds is 8. The summed E-state index contributed by atoms with van der Waals surface area (Å²) in [6.45, 7) is 12.1. The lowest BCUT2D eigenvalue weighted by molar-refractivity contribution is -0.0323. The second kappa shape index (κ2) is 8.06. The molecule has 0 aliphatic rings. The van der Waals surface area contributed by atoms with Gasteiger partial charge < -0.3 is 22.9 Å². The molecule has 0 spiro atoms. The summed E-state index contributed by atoms with van der Waals surface area (Å²) in [5.41, 5.74) is 5.83.